The van der Waals surface area contributed by atoms with Gasteiger partial charge in [-0.05, 0) is 33.6 Å². The number of halogens is 1. The number of nitrogens with one attached hydrogen (secondary N) is 1. The highest BCUT2D eigenvalue weighted by Gasteiger charge is 2.03. The van der Waals surface area contributed by atoms with E-state index in [-0.39, 0.29) is 12.5 Å². The third-order valence-electron chi connectivity index (χ3n) is 2.40. The number of ether oxygens (including phenoxy) is 1. The first kappa shape index (κ1) is 14.3. The molecular formula is C15H13BrN2O2. The van der Waals surface area contributed by atoms with Crippen molar-refractivity contribution in [2.24, 2.45) is 5.10 Å². The van der Waals surface area contributed by atoms with Crippen molar-refractivity contribution in [1.29, 1.82) is 0 Å². The predicted molar refractivity (Wildman–Crippen MR) is 81.8 cm³/mol. The van der Waals surface area contributed by atoms with E-state index in [0.29, 0.717) is 5.75 Å². The van der Waals surface area contributed by atoms with Crippen molar-refractivity contribution in [2.45, 2.75) is 0 Å². The zero-order valence-corrected chi connectivity index (χ0v) is 12.2. The van der Waals surface area contributed by atoms with Crippen LogP contribution < -0.4 is 10.2 Å². The fraction of sp³-hybridized carbons (Fsp3) is 0.0667. The summed E-state index contributed by atoms with van der Waals surface area (Å²) in [4.78, 5) is 11.6. The Bertz CT molecular complexity index is 600. The van der Waals surface area contributed by atoms with Gasteiger partial charge in [0.2, 0.25) is 0 Å². The minimum Gasteiger partial charge on any atom is -0.483 e. The molecule has 0 aliphatic rings. The van der Waals surface area contributed by atoms with E-state index in [1.165, 1.54) is 0 Å². The summed E-state index contributed by atoms with van der Waals surface area (Å²) < 4.78 is 6.17. The first-order valence-corrected chi connectivity index (χ1v) is 6.79. The van der Waals surface area contributed by atoms with Crippen LogP contribution in [0.2, 0.25) is 0 Å². The third-order valence-corrected chi connectivity index (χ3v) is 3.05. The second-order valence-electron chi connectivity index (χ2n) is 3.92. The molecule has 2 aromatic carbocycles. The summed E-state index contributed by atoms with van der Waals surface area (Å²) in [5.41, 5.74) is 3.33. The normalized spacial score (nSPS) is 10.4. The Kier molecular flexibility index (Phi) is 5.32. The molecule has 0 aliphatic heterocycles. The Balaban J connectivity index is 1.79. The molecule has 4 nitrogen and oxygen atoms in total. The molecule has 0 radical (unpaired) electrons. The molecule has 102 valence electrons. The van der Waals surface area contributed by atoms with Crippen molar-refractivity contribution >= 4 is 28.1 Å². The molecule has 0 spiro atoms. The van der Waals surface area contributed by atoms with Crippen LogP contribution in [-0.2, 0) is 4.79 Å². The lowest BCUT2D eigenvalue weighted by Gasteiger charge is -2.06. The van der Waals surface area contributed by atoms with Gasteiger partial charge in [0.05, 0.1) is 10.7 Å². The van der Waals surface area contributed by atoms with E-state index in [2.05, 4.69) is 26.5 Å². The fourth-order valence-electron chi connectivity index (χ4n) is 1.46. The highest BCUT2D eigenvalue weighted by Crippen LogP contribution is 2.23. The number of nitrogens with zero attached hydrogens (tertiary/aromatic N) is 1. The number of carbonyl (C=O) groups excluding carboxylic acids is 1. The maximum absolute atomic E-state index is 11.6. The van der Waals surface area contributed by atoms with Gasteiger partial charge in [-0.3, -0.25) is 4.79 Å². The van der Waals surface area contributed by atoms with E-state index in [9.17, 15) is 4.79 Å². The molecule has 0 fully saturated rings. The molecule has 1 amide bonds. The van der Waals surface area contributed by atoms with Gasteiger partial charge >= 0.3 is 0 Å². The minimum atomic E-state index is -0.312. The van der Waals surface area contributed by atoms with E-state index in [4.69, 9.17) is 4.74 Å². The van der Waals surface area contributed by atoms with Gasteiger partial charge < -0.3 is 4.74 Å². The number of carbonyl (C=O) groups is 1. The average molecular weight is 333 g/mol. The van der Waals surface area contributed by atoms with Crippen molar-refractivity contribution in [3.8, 4) is 5.75 Å². The van der Waals surface area contributed by atoms with Crippen molar-refractivity contribution in [1.82, 2.24) is 5.43 Å². The number of hydrogen-bond donors (Lipinski definition) is 1. The van der Waals surface area contributed by atoms with Gasteiger partial charge in [-0.1, -0.05) is 42.5 Å². The zero-order valence-electron chi connectivity index (χ0n) is 10.6. The SMILES string of the molecule is O=C(COc1ccccc1Br)N/N=C\c1ccccc1. The molecule has 1 N–H and O–H groups in total. The summed E-state index contributed by atoms with van der Waals surface area (Å²) in [6, 6.07) is 16.9. The van der Waals surface area contributed by atoms with Crippen LogP contribution in [-0.4, -0.2) is 18.7 Å². The lowest BCUT2D eigenvalue weighted by molar-refractivity contribution is -0.123. The van der Waals surface area contributed by atoms with E-state index < -0.39 is 0 Å². The molecule has 0 saturated carbocycles. The number of rotatable bonds is 5. The van der Waals surface area contributed by atoms with Crippen LogP contribution in [0.1, 0.15) is 5.56 Å². The molecule has 0 unspecified atom stereocenters. The lowest BCUT2D eigenvalue weighted by Crippen LogP contribution is -2.24. The minimum absolute atomic E-state index is 0.0885. The van der Waals surface area contributed by atoms with Crippen LogP contribution in [0, 0.1) is 0 Å². The van der Waals surface area contributed by atoms with Gasteiger partial charge in [0.15, 0.2) is 6.61 Å². The van der Waals surface area contributed by atoms with Crippen LogP contribution in [0.4, 0.5) is 0 Å². The Labute approximate surface area is 125 Å². The van der Waals surface area contributed by atoms with Gasteiger partial charge in [0, 0.05) is 0 Å². The van der Waals surface area contributed by atoms with E-state index in [1.54, 1.807) is 12.3 Å². The van der Waals surface area contributed by atoms with Crippen molar-refractivity contribution in [2.75, 3.05) is 6.61 Å². The first-order valence-electron chi connectivity index (χ1n) is 6.00. The van der Waals surface area contributed by atoms with Gasteiger partial charge in [-0.15, -0.1) is 0 Å². The van der Waals surface area contributed by atoms with Crippen LogP contribution in [0.5, 0.6) is 5.75 Å². The maximum atomic E-state index is 11.6. The van der Waals surface area contributed by atoms with Crippen molar-refractivity contribution in [3.63, 3.8) is 0 Å². The molecule has 20 heavy (non-hydrogen) atoms. The number of hydrogen-bond acceptors (Lipinski definition) is 3. The Morgan fingerprint density at radius 2 is 1.85 bits per heavy atom. The molecule has 2 aromatic rings. The third kappa shape index (κ3) is 4.51. The molecule has 0 heterocycles. The van der Waals surface area contributed by atoms with Gasteiger partial charge in [0.1, 0.15) is 5.75 Å². The summed E-state index contributed by atoms with van der Waals surface area (Å²) >= 11 is 3.34. The van der Waals surface area contributed by atoms with Crippen LogP contribution >= 0.6 is 15.9 Å². The number of benzene rings is 2. The van der Waals surface area contributed by atoms with E-state index in [1.807, 2.05) is 48.5 Å². The monoisotopic (exact) mass is 332 g/mol. The Hall–Kier alpha value is -2.14. The summed E-state index contributed by atoms with van der Waals surface area (Å²) in [5.74, 6) is 0.308. The van der Waals surface area contributed by atoms with Crippen LogP contribution in [0.15, 0.2) is 64.2 Å². The van der Waals surface area contributed by atoms with Gasteiger partial charge in [-0.2, -0.15) is 5.10 Å². The molecule has 0 aliphatic carbocycles. The second kappa shape index (κ2) is 7.45. The fourth-order valence-corrected chi connectivity index (χ4v) is 1.85. The summed E-state index contributed by atoms with van der Waals surface area (Å²) in [7, 11) is 0. The number of para-hydroxylation sites is 1. The molecule has 0 aromatic heterocycles. The van der Waals surface area contributed by atoms with Crippen LogP contribution in [0.3, 0.4) is 0 Å². The summed E-state index contributed by atoms with van der Waals surface area (Å²) in [6.07, 6.45) is 1.58. The second-order valence-corrected chi connectivity index (χ2v) is 4.78. The molecule has 2 rings (SSSR count). The summed E-state index contributed by atoms with van der Waals surface area (Å²) in [5, 5.41) is 3.86. The Morgan fingerprint density at radius 1 is 1.15 bits per heavy atom. The highest BCUT2D eigenvalue weighted by molar-refractivity contribution is 9.10. The van der Waals surface area contributed by atoms with E-state index >= 15 is 0 Å². The summed E-state index contributed by atoms with van der Waals surface area (Å²) in [6.45, 7) is -0.0885. The number of hydrazone groups is 1. The average Bonchev–Trinajstić information content (AvgIpc) is 2.47. The zero-order chi connectivity index (χ0) is 14.2. The standard InChI is InChI=1S/C15H13BrN2O2/c16-13-8-4-5-9-14(13)20-11-15(19)18-17-10-12-6-2-1-3-7-12/h1-10H,11H2,(H,18,19)/b17-10-. The van der Waals surface area contributed by atoms with Crippen LogP contribution in [0.25, 0.3) is 0 Å². The lowest BCUT2D eigenvalue weighted by atomic mass is 10.2. The molecular weight excluding hydrogens is 320 g/mol. The Morgan fingerprint density at radius 3 is 2.60 bits per heavy atom. The van der Waals surface area contributed by atoms with Gasteiger partial charge in [-0.25, -0.2) is 5.43 Å². The number of amides is 1. The molecule has 0 atom stereocenters. The largest absolute Gasteiger partial charge is 0.483 e. The molecule has 5 heteroatoms. The topological polar surface area (TPSA) is 50.7 Å². The smallest absolute Gasteiger partial charge is 0.277 e. The molecule has 0 bridgehead atoms. The van der Waals surface area contributed by atoms with E-state index in [0.717, 1.165) is 10.0 Å². The van der Waals surface area contributed by atoms with Crippen molar-refractivity contribution in [3.05, 3.63) is 64.6 Å². The first-order chi connectivity index (χ1) is 9.75. The van der Waals surface area contributed by atoms with Gasteiger partial charge in [0.25, 0.3) is 5.91 Å². The predicted octanol–water partition coefficient (Wildman–Crippen LogP) is 2.98. The molecule has 0 saturated heterocycles. The maximum Gasteiger partial charge on any atom is 0.277 e. The highest BCUT2D eigenvalue weighted by atomic mass is 79.9. The quantitative estimate of drug-likeness (QED) is 0.676. The van der Waals surface area contributed by atoms with Crippen molar-refractivity contribution < 1.29 is 9.53 Å².